The molecule has 74 valence electrons. The molecule has 0 saturated heterocycles. The van der Waals surface area contributed by atoms with Gasteiger partial charge in [0, 0.05) is 21.7 Å². The fourth-order valence-electron chi connectivity index (χ4n) is 1.07. The lowest BCUT2D eigenvalue weighted by molar-refractivity contribution is 1.36. The normalized spacial score (nSPS) is 9.47. The number of hydrogen-bond donors (Lipinski definition) is 0. The molecule has 2 aromatic rings. The Hall–Kier alpha value is -1.30. The van der Waals surface area contributed by atoms with E-state index in [0.29, 0.717) is 0 Å². The Labute approximate surface area is 97.7 Å². The number of aryl methyl sites for hydroxylation is 1. The average Bonchev–Trinajstić information content (AvgIpc) is 2.64. The average molecular weight is 234 g/mol. The lowest BCUT2D eigenvalue weighted by Gasteiger charge is -1.89. The van der Waals surface area contributed by atoms with Crippen molar-refractivity contribution in [3.8, 4) is 11.8 Å². The van der Waals surface area contributed by atoms with Crippen molar-refractivity contribution >= 4 is 22.9 Å². The first kappa shape index (κ1) is 10.2. The van der Waals surface area contributed by atoms with Crippen LogP contribution in [0.5, 0.6) is 0 Å². The van der Waals surface area contributed by atoms with Gasteiger partial charge in [-0.1, -0.05) is 17.5 Å². The van der Waals surface area contributed by atoms with Crippen molar-refractivity contribution in [3.63, 3.8) is 0 Å². The molecular formula is C12H8ClNS. The van der Waals surface area contributed by atoms with Crippen LogP contribution in [0, 0.1) is 18.8 Å². The molecule has 3 heteroatoms. The quantitative estimate of drug-likeness (QED) is 0.635. The molecule has 0 aliphatic carbocycles. The van der Waals surface area contributed by atoms with Crippen molar-refractivity contribution in [2.75, 3.05) is 0 Å². The maximum atomic E-state index is 5.77. The van der Waals surface area contributed by atoms with E-state index >= 15 is 0 Å². The van der Waals surface area contributed by atoms with Crippen molar-refractivity contribution in [1.29, 1.82) is 0 Å². The molecule has 0 atom stereocenters. The minimum absolute atomic E-state index is 0.727. The zero-order valence-electron chi connectivity index (χ0n) is 8.12. The second-order valence-corrected chi connectivity index (χ2v) is 4.70. The predicted molar refractivity (Wildman–Crippen MR) is 64.3 cm³/mol. The van der Waals surface area contributed by atoms with Gasteiger partial charge in [0.05, 0.1) is 0 Å². The van der Waals surface area contributed by atoms with Gasteiger partial charge >= 0.3 is 0 Å². The van der Waals surface area contributed by atoms with Gasteiger partial charge in [-0.3, -0.25) is 0 Å². The Kier molecular flexibility index (Phi) is 3.05. The zero-order chi connectivity index (χ0) is 10.7. The third-order valence-electron chi connectivity index (χ3n) is 1.78. The maximum Gasteiger partial charge on any atom is 0.167 e. The molecule has 1 aromatic heterocycles. The summed E-state index contributed by atoms with van der Waals surface area (Å²) in [4.78, 5) is 5.34. The van der Waals surface area contributed by atoms with Crippen LogP contribution in [0.4, 0.5) is 0 Å². The van der Waals surface area contributed by atoms with Crippen LogP contribution in [-0.4, -0.2) is 4.98 Å². The van der Waals surface area contributed by atoms with Crippen molar-refractivity contribution in [1.82, 2.24) is 4.98 Å². The van der Waals surface area contributed by atoms with Crippen LogP contribution in [0.3, 0.4) is 0 Å². The molecular weight excluding hydrogens is 226 g/mol. The summed E-state index contributed by atoms with van der Waals surface area (Å²) in [5.74, 6) is 6.06. The minimum atomic E-state index is 0.727. The van der Waals surface area contributed by atoms with E-state index in [1.54, 1.807) is 11.3 Å². The third kappa shape index (κ3) is 2.82. The summed E-state index contributed by atoms with van der Waals surface area (Å²) < 4.78 is 0. The summed E-state index contributed by atoms with van der Waals surface area (Å²) in [6, 6.07) is 7.46. The fraction of sp³-hybridized carbons (Fsp3) is 0.0833. The fourth-order valence-corrected chi connectivity index (χ4v) is 1.82. The second kappa shape index (κ2) is 4.48. The highest BCUT2D eigenvalue weighted by Crippen LogP contribution is 2.11. The Morgan fingerprint density at radius 2 is 1.93 bits per heavy atom. The Morgan fingerprint density at radius 1 is 1.20 bits per heavy atom. The molecule has 0 aliphatic rings. The molecule has 0 radical (unpaired) electrons. The lowest BCUT2D eigenvalue weighted by atomic mass is 10.2. The van der Waals surface area contributed by atoms with Crippen LogP contribution >= 0.6 is 22.9 Å². The molecule has 0 aliphatic heterocycles. The summed E-state index contributed by atoms with van der Waals surface area (Å²) in [5, 5.41) is 1.58. The molecule has 1 aromatic carbocycles. The molecule has 0 amide bonds. The molecule has 0 saturated carbocycles. The number of aromatic nitrogens is 1. The largest absolute Gasteiger partial charge is 0.236 e. The number of nitrogens with zero attached hydrogens (tertiary/aromatic N) is 1. The zero-order valence-corrected chi connectivity index (χ0v) is 9.69. The molecule has 2 rings (SSSR count). The minimum Gasteiger partial charge on any atom is -0.236 e. The van der Waals surface area contributed by atoms with E-state index in [9.17, 15) is 0 Å². The SMILES string of the molecule is Cc1cnc(C#Cc2ccc(Cl)cc2)s1. The standard InChI is InChI=1S/C12H8ClNS/c1-9-8-14-12(15-9)7-4-10-2-5-11(13)6-3-10/h2-3,5-6,8H,1H3. The molecule has 1 nitrogen and oxygen atoms in total. The molecule has 0 fully saturated rings. The lowest BCUT2D eigenvalue weighted by Crippen LogP contribution is -1.73. The van der Waals surface area contributed by atoms with Crippen LogP contribution in [0.15, 0.2) is 30.5 Å². The topological polar surface area (TPSA) is 12.9 Å². The van der Waals surface area contributed by atoms with Gasteiger partial charge in [0.1, 0.15) is 0 Å². The van der Waals surface area contributed by atoms with Gasteiger partial charge in [-0.05, 0) is 37.1 Å². The number of hydrogen-bond acceptors (Lipinski definition) is 2. The van der Waals surface area contributed by atoms with Crippen molar-refractivity contribution < 1.29 is 0 Å². The van der Waals surface area contributed by atoms with Gasteiger partial charge in [0.15, 0.2) is 5.01 Å². The molecule has 15 heavy (non-hydrogen) atoms. The van der Waals surface area contributed by atoms with Gasteiger partial charge in [-0.25, -0.2) is 4.98 Å². The maximum absolute atomic E-state index is 5.77. The van der Waals surface area contributed by atoms with E-state index in [2.05, 4.69) is 16.8 Å². The monoisotopic (exact) mass is 233 g/mol. The first-order valence-electron chi connectivity index (χ1n) is 4.44. The number of benzene rings is 1. The number of halogens is 1. The molecule has 0 unspecified atom stereocenters. The van der Waals surface area contributed by atoms with E-state index in [1.807, 2.05) is 37.4 Å². The highest BCUT2D eigenvalue weighted by molar-refractivity contribution is 7.12. The number of thiazole rings is 1. The first-order valence-corrected chi connectivity index (χ1v) is 5.63. The Balaban J connectivity index is 2.22. The summed E-state index contributed by atoms with van der Waals surface area (Å²) >= 11 is 7.37. The second-order valence-electron chi connectivity index (χ2n) is 3.03. The predicted octanol–water partition coefficient (Wildman–Crippen LogP) is 3.50. The van der Waals surface area contributed by atoms with Gasteiger partial charge < -0.3 is 0 Å². The smallest absolute Gasteiger partial charge is 0.167 e. The molecule has 0 spiro atoms. The van der Waals surface area contributed by atoms with Gasteiger partial charge in [-0.2, -0.15) is 0 Å². The Bertz CT molecular complexity index is 517. The van der Waals surface area contributed by atoms with Gasteiger partial charge in [0.2, 0.25) is 0 Å². The summed E-state index contributed by atoms with van der Waals surface area (Å²) in [5.41, 5.74) is 0.951. The van der Waals surface area contributed by atoms with Crippen LogP contribution in [0.25, 0.3) is 0 Å². The van der Waals surface area contributed by atoms with Crippen LogP contribution in [-0.2, 0) is 0 Å². The summed E-state index contributed by atoms with van der Waals surface area (Å²) in [6.45, 7) is 2.02. The highest BCUT2D eigenvalue weighted by Gasteiger charge is 1.92. The van der Waals surface area contributed by atoms with E-state index in [1.165, 1.54) is 4.88 Å². The van der Waals surface area contributed by atoms with Crippen LogP contribution < -0.4 is 0 Å². The van der Waals surface area contributed by atoms with Crippen LogP contribution in [0.1, 0.15) is 15.4 Å². The van der Waals surface area contributed by atoms with E-state index < -0.39 is 0 Å². The van der Waals surface area contributed by atoms with Crippen molar-refractivity contribution in [2.24, 2.45) is 0 Å². The van der Waals surface area contributed by atoms with E-state index in [4.69, 9.17) is 11.6 Å². The first-order chi connectivity index (χ1) is 7.24. The van der Waals surface area contributed by atoms with E-state index in [0.717, 1.165) is 15.6 Å². The van der Waals surface area contributed by atoms with Crippen LogP contribution in [0.2, 0.25) is 5.02 Å². The van der Waals surface area contributed by atoms with Gasteiger partial charge in [0.25, 0.3) is 0 Å². The third-order valence-corrected chi connectivity index (χ3v) is 2.86. The van der Waals surface area contributed by atoms with Gasteiger partial charge in [-0.15, -0.1) is 11.3 Å². The highest BCUT2D eigenvalue weighted by atomic mass is 35.5. The molecule has 1 heterocycles. The Morgan fingerprint density at radius 3 is 2.53 bits per heavy atom. The molecule has 0 N–H and O–H groups in total. The molecule has 0 bridgehead atoms. The number of rotatable bonds is 0. The van der Waals surface area contributed by atoms with E-state index in [-0.39, 0.29) is 0 Å². The summed E-state index contributed by atoms with van der Waals surface area (Å²) in [7, 11) is 0. The van der Waals surface area contributed by atoms with Crippen molar-refractivity contribution in [2.45, 2.75) is 6.92 Å². The van der Waals surface area contributed by atoms with Crippen molar-refractivity contribution in [3.05, 3.63) is 50.9 Å². The summed E-state index contributed by atoms with van der Waals surface area (Å²) in [6.07, 6.45) is 1.83.